The van der Waals surface area contributed by atoms with E-state index in [1.807, 2.05) is 0 Å². The molecule has 3 heterocycles. The first-order valence-corrected chi connectivity index (χ1v) is 14.4. The largest absolute Gasteiger partial charge is 0.393 e. The zero-order valence-corrected chi connectivity index (χ0v) is 22.7. The van der Waals surface area contributed by atoms with E-state index in [9.17, 15) is 51.1 Å². The summed E-state index contributed by atoms with van der Waals surface area (Å²) in [6.45, 7) is 1.44. The molecule has 41 heavy (non-hydrogen) atoms. The summed E-state index contributed by atoms with van der Waals surface area (Å²) in [5.41, 5.74) is 0. The Bertz CT molecular complexity index is 867. The van der Waals surface area contributed by atoms with Crippen LogP contribution in [0.1, 0.15) is 45.4 Å². The Morgan fingerprint density at radius 2 is 1.15 bits per heavy atom. The Labute approximate surface area is 236 Å². The molecule has 3 saturated heterocycles. The quantitative estimate of drug-likeness (QED) is 0.144. The fourth-order valence-corrected chi connectivity index (χ4v) is 6.88. The molecule has 5 aliphatic rings. The lowest BCUT2D eigenvalue weighted by atomic mass is 9.72. The average molecular weight is 597 g/mol. The van der Waals surface area contributed by atoms with Gasteiger partial charge in [0.25, 0.3) is 0 Å². The standard InChI is InChI=1S/C26H44O15/c1-8-17(31)18(32)20(34)24(37-8)40-26-22(36)19(33)21(35)25(41-26)39-16-7-11-13(29)5-10(27)6-15(11)38-23(16)9-2-3-12(28)14(30)4-9/h8-36H,2-7H2,1H3/t8-,9?,10?,11?,12?,13?,14?,15?,16?,17-,18+,19+,20+,21+,22-,23?,24+,25+,26-/m0/s1. The van der Waals surface area contributed by atoms with Crippen LogP contribution < -0.4 is 0 Å². The SMILES string of the molecule is C[C@@H]1O[C@H](O[C@H]2O[C@@H](OC3CC4C(O)CC(O)CC4OC3C3CCC(O)C(O)C3)[C@H](O)[C@@H](O)[C@@H]2O)[C@H](O)[C@H](O)[C@H]1O. The van der Waals surface area contributed by atoms with Crippen molar-refractivity contribution in [2.24, 2.45) is 11.8 Å². The van der Waals surface area contributed by atoms with Crippen LogP contribution in [0.2, 0.25) is 0 Å². The van der Waals surface area contributed by atoms with Gasteiger partial charge in [0.15, 0.2) is 18.9 Å². The molecule has 2 saturated carbocycles. The minimum absolute atomic E-state index is 0.155. The zero-order chi connectivity index (χ0) is 29.7. The van der Waals surface area contributed by atoms with Crippen LogP contribution in [0.15, 0.2) is 0 Å². The summed E-state index contributed by atoms with van der Waals surface area (Å²) in [7, 11) is 0. The van der Waals surface area contributed by atoms with E-state index in [0.29, 0.717) is 19.3 Å². The molecule has 0 aromatic heterocycles. The van der Waals surface area contributed by atoms with Gasteiger partial charge in [-0.05, 0) is 51.4 Å². The Hall–Kier alpha value is -0.600. The molecule has 0 radical (unpaired) electrons. The van der Waals surface area contributed by atoms with E-state index in [1.54, 1.807) is 0 Å². The molecule has 2 aliphatic carbocycles. The summed E-state index contributed by atoms with van der Waals surface area (Å²) in [4.78, 5) is 0. The number of rotatable bonds is 5. The highest BCUT2D eigenvalue weighted by Crippen LogP contribution is 2.43. The van der Waals surface area contributed by atoms with E-state index in [4.69, 9.17) is 23.7 Å². The molecule has 5 rings (SSSR count). The van der Waals surface area contributed by atoms with Crippen LogP contribution in [0.25, 0.3) is 0 Å². The number of fused-ring (bicyclic) bond motifs is 1. The van der Waals surface area contributed by atoms with Gasteiger partial charge in [-0.1, -0.05) is 0 Å². The highest BCUT2D eigenvalue weighted by molar-refractivity contribution is 4.99. The van der Waals surface area contributed by atoms with Crippen molar-refractivity contribution in [2.45, 2.75) is 150 Å². The molecule has 15 heteroatoms. The number of aliphatic hydroxyl groups excluding tert-OH is 10. The Morgan fingerprint density at radius 3 is 1.80 bits per heavy atom. The average Bonchev–Trinajstić information content (AvgIpc) is 2.93. The molecule has 5 fully saturated rings. The predicted molar refractivity (Wildman–Crippen MR) is 132 cm³/mol. The van der Waals surface area contributed by atoms with Gasteiger partial charge in [0.1, 0.15) is 36.6 Å². The first-order valence-electron chi connectivity index (χ1n) is 14.4. The van der Waals surface area contributed by atoms with E-state index in [-0.39, 0.29) is 25.2 Å². The molecular formula is C26H44O15. The third kappa shape index (κ3) is 6.45. The summed E-state index contributed by atoms with van der Waals surface area (Å²) in [5.74, 6) is -0.693. The molecule has 0 aromatic carbocycles. The molecular weight excluding hydrogens is 552 g/mol. The van der Waals surface area contributed by atoms with Crippen molar-refractivity contribution >= 4 is 0 Å². The van der Waals surface area contributed by atoms with E-state index >= 15 is 0 Å². The Kier molecular flexibility index (Phi) is 9.92. The summed E-state index contributed by atoms with van der Waals surface area (Å²) in [6, 6.07) is 0. The van der Waals surface area contributed by atoms with E-state index in [1.165, 1.54) is 6.92 Å². The fourth-order valence-electron chi connectivity index (χ4n) is 6.88. The van der Waals surface area contributed by atoms with E-state index < -0.39 is 110 Å². The maximum Gasteiger partial charge on any atom is 0.192 e. The number of hydrogen-bond acceptors (Lipinski definition) is 15. The van der Waals surface area contributed by atoms with Crippen molar-refractivity contribution in [2.75, 3.05) is 0 Å². The van der Waals surface area contributed by atoms with Gasteiger partial charge in [-0.2, -0.15) is 0 Å². The Morgan fingerprint density at radius 1 is 0.537 bits per heavy atom. The molecule has 0 bridgehead atoms. The molecule has 9 unspecified atom stereocenters. The first kappa shape index (κ1) is 31.8. The molecule has 0 aromatic rings. The molecule has 15 nitrogen and oxygen atoms in total. The van der Waals surface area contributed by atoms with Crippen molar-refractivity contribution in [3.8, 4) is 0 Å². The third-order valence-corrected chi connectivity index (χ3v) is 9.39. The first-order chi connectivity index (χ1) is 19.3. The van der Waals surface area contributed by atoms with Crippen LogP contribution in [-0.2, 0) is 23.7 Å². The van der Waals surface area contributed by atoms with E-state index in [2.05, 4.69) is 0 Å². The van der Waals surface area contributed by atoms with Crippen molar-refractivity contribution in [1.82, 2.24) is 0 Å². The van der Waals surface area contributed by atoms with Crippen LogP contribution in [0.5, 0.6) is 0 Å². The zero-order valence-electron chi connectivity index (χ0n) is 22.7. The highest BCUT2D eigenvalue weighted by Gasteiger charge is 2.53. The fraction of sp³-hybridized carbons (Fsp3) is 1.00. The van der Waals surface area contributed by atoms with Crippen molar-refractivity contribution in [3.63, 3.8) is 0 Å². The predicted octanol–water partition coefficient (Wildman–Crippen LogP) is -4.21. The summed E-state index contributed by atoms with van der Waals surface area (Å²) in [5, 5.41) is 104. The smallest absolute Gasteiger partial charge is 0.192 e. The van der Waals surface area contributed by atoms with Crippen molar-refractivity contribution in [1.29, 1.82) is 0 Å². The van der Waals surface area contributed by atoms with Crippen LogP contribution in [0.4, 0.5) is 0 Å². The Balaban J connectivity index is 1.33. The maximum atomic E-state index is 10.8. The van der Waals surface area contributed by atoms with Gasteiger partial charge in [-0.15, -0.1) is 0 Å². The maximum absolute atomic E-state index is 10.8. The van der Waals surface area contributed by atoms with E-state index in [0.717, 1.165) is 0 Å². The lowest BCUT2D eigenvalue weighted by Crippen LogP contribution is -2.64. The molecule has 0 spiro atoms. The van der Waals surface area contributed by atoms with Crippen molar-refractivity contribution in [3.05, 3.63) is 0 Å². The van der Waals surface area contributed by atoms with Crippen molar-refractivity contribution < 1.29 is 74.7 Å². The minimum Gasteiger partial charge on any atom is -0.393 e. The number of hydrogen-bond donors (Lipinski definition) is 10. The molecule has 0 amide bonds. The second kappa shape index (κ2) is 12.8. The summed E-state index contributed by atoms with van der Waals surface area (Å²) in [6.07, 6.45) is -19.7. The van der Waals surface area contributed by atoms with Gasteiger partial charge < -0.3 is 74.7 Å². The number of aliphatic hydroxyl groups is 10. The summed E-state index contributed by atoms with van der Waals surface area (Å²) >= 11 is 0. The van der Waals surface area contributed by atoms with Gasteiger partial charge in [-0.3, -0.25) is 0 Å². The minimum atomic E-state index is -1.81. The lowest BCUT2D eigenvalue weighted by molar-refractivity contribution is -0.405. The second-order valence-corrected chi connectivity index (χ2v) is 12.3. The summed E-state index contributed by atoms with van der Waals surface area (Å²) < 4.78 is 29.2. The lowest BCUT2D eigenvalue weighted by Gasteiger charge is -2.51. The van der Waals surface area contributed by atoms with Gasteiger partial charge in [0.05, 0.1) is 48.8 Å². The third-order valence-electron chi connectivity index (χ3n) is 9.39. The molecule has 10 N–H and O–H groups in total. The molecule has 238 valence electrons. The van der Waals surface area contributed by atoms with Crippen LogP contribution in [0, 0.1) is 11.8 Å². The molecule has 3 aliphatic heterocycles. The van der Waals surface area contributed by atoms with Gasteiger partial charge in [-0.25, -0.2) is 0 Å². The molecule has 19 atom stereocenters. The van der Waals surface area contributed by atoms with Gasteiger partial charge in [0, 0.05) is 5.92 Å². The van der Waals surface area contributed by atoms with Crippen LogP contribution in [-0.4, -0.2) is 155 Å². The highest BCUT2D eigenvalue weighted by atomic mass is 16.8. The number of ether oxygens (including phenoxy) is 5. The van der Waals surface area contributed by atoms with Gasteiger partial charge in [0.2, 0.25) is 0 Å². The topological polar surface area (TPSA) is 248 Å². The van der Waals surface area contributed by atoms with Crippen LogP contribution in [0.3, 0.4) is 0 Å². The monoisotopic (exact) mass is 596 g/mol. The van der Waals surface area contributed by atoms with Gasteiger partial charge >= 0.3 is 0 Å². The second-order valence-electron chi connectivity index (χ2n) is 12.3. The van der Waals surface area contributed by atoms with Crippen LogP contribution >= 0.6 is 0 Å². The normalized spacial score (nSPS) is 56.7.